The number of rotatable bonds is 2. The van der Waals surface area contributed by atoms with E-state index in [1.165, 1.54) is 0 Å². The van der Waals surface area contributed by atoms with Crippen LogP contribution < -0.4 is 0 Å². The average Bonchev–Trinajstić information content (AvgIpc) is 2.55. The SMILES string of the molecule is COC(C)(C)C(=O)N1C[C@H]2CCC[C@@H](C1)N(C)C2=O. The first kappa shape index (κ1) is 14.3. The number of likely N-dealkylation sites (N-methyl/N-ethyl adjacent to an activating group) is 1. The summed E-state index contributed by atoms with van der Waals surface area (Å²) in [4.78, 5) is 28.4. The molecule has 5 heteroatoms. The van der Waals surface area contributed by atoms with Gasteiger partial charge in [-0.25, -0.2) is 0 Å². The largest absolute Gasteiger partial charge is 0.369 e. The molecule has 2 fully saturated rings. The Morgan fingerprint density at radius 1 is 1.32 bits per heavy atom. The molecule has 5 nitrogen and oxygen atoms in total. The number of nitrogens with zero attached hydrogens (tertiary/aromatic N) is 2. The minimum absolute atomic E-state index is 0.0185. The maximum atomic E-state index is 12.5. The van der Waals surface area contributed by atoms with Crippen molar-refractivity contribution in [2.75, 3.05) is 27.2 Å². The molecular weight excluding hydrogens is 244 g/mol. The van der Waals surface area contributed by atoms with Crippen LogP contribution in [0.1, 0.15) is 33.1 Å². The molecule has 2 amide bonds. The maximum Gasteiger partial charge on any atom is 0.254 e. The molecule has 0 aromatic rings. The highest BCUT2D eigenvalue weighted by Crippen LogP contribution is 2.28. The van der Waals surface area contributed by atoms with Crippen LogP contribution in [0.3, 0.4) is 0 Å². The number of carbonyl (C=O) groups excluding carboxylic acids is 2. The molecule has 19 heavy (non-hydrogen) atoms. The predicted octanol–water partition coefficient (Wildman–Crippen LogP) is 0.881. The van der Waals surface area contributed by atoms with Crippen molar-refractivity contribution in [1.82, 2.24) is 9.80 Å². The van der Waals surface area contributed by atoms with Crippen LogP contribution in [0.4, 0.5) is 0 Å². The molecule has 2 saturated heterocycles. The highest BCUT2D eigenvalue weighted by molar-refractivity contribution is 5.86. The number of amides is 2. The zero-order chi connectivity index (χ0) is 14.2. The monoisotopic (exact) mass is 268 g/mol. The predicted molar refractivity (Wildman–Crippen MR) is 71.6 cm³/mol. The van der Waals surface area contributed by atoms with E-state index in [4.69, 9.17) is 4.74 Å². The van der Waals surface area contributed by atoms with Crippen LogP contribution in [0.5, 0.6) is 0 Å². The lowest BCUT2D eigenvalue weighted by Gasteiger charge is -2.34. The Bertz CT molecular complexity index is 381. The highest BCUT2D eigenvalue weighted by atomic mass is 16.5. The first-order valence-corrected chi connectivity index (χ1v) is 6.98. The minimum Gasteiger partial charge on any atom is -0.369 e. The summed E-state index contributed by atoms with van der Waals surface area (Å²) >= 11 is 0. The summed E-state index contributed by atoms with van der Waals surface area (Å²) < 4.78 is 5.28. The molecule has 0 N–H and O–H groups in total. The molecule has 0 radical (unpaired) electrons. The average molecular weight is 268 g/mol. The van der Waals surface area contributed by atoms with E-state index in [-0.39, 0.29) is 23.8 Å². The second-order valence-electron chi connectivity index (χ2n) is 6.16. The van der Waals surface area contributed by atoms with Crippen LogP contribution in [0.15, 0.2) is 0 Å². The topological polar surface area (TPSA) is 49.9 Å². The number of ether oxygens (including phenoxy) is 1. The molecular formula is C14H24N2O3. The van der Waals surface area contributed by atoms with E-state index in [1.54, 1.807) is 21.0 Å². The van der Waals surface area contributed by atoms with Gasteiger partial charge in [-0.1, -0.05) is 6.42 Å². The van der Waals surface area contributed by atoms with Crippen molar-refractivity contribution < 1.29 is 14.3 Å². The lowest BCUT2D eigenvalue weighted by atomic mass is 9.97. The van der Waals surface area contributed by atoms with Gasteiger partial charge in [0.25, 0.3) is 5.91 Å². The van der Waals surface area contributed by atoms with Gasteiger partial charge in [0.15, 0.2) is 0 Å². The first-order chi connectivity index (χ1) is 8.86. The summed E-state index contributed by atoms with van der Waals surface area (Å²) in [6.45, 7) is 4.72. The summed E-state index contributed by atoms with van der Waals surface area (Å²) in [5, 5.41) is 0. The van der Waals surface area contributed by atoms with Crippen LogP contribution in [-0.4, -0.2) is 60.5 Å². The van der Waals surface area contributed by atoms with E-state index in [9.17, 15) is 9.59 Å². The van der Waals surface area contributed by atoms with Crippen LogP contribution in [0.25, 0.3) is 0 Å². The lowest BCUT2D eigenvalue weighted by molar-refractivity contribution is -0.152. The van der Waals surface area contributed by atoms with Crippen molar-refractivity contribution in [3.8, 4) is 0 Å². The molecule has 0 spiro atoms. The highest BCUT2D eigenvalue weighted by Gasteiger charge is 2.41. The van der Waals surface area contributed by atoms with Crippen molar-refractivity contribution in [3.63, 3.8) is 0 Å². The molecule has 0 aromatic heterocycles. The summed E-state index contributed by atoms with van der Waals surface area (Å²) in [5.41, 5.74) is -0.819. The third kappa shape index (κ3) is 2.61. The molecule has 2 atom stereocenters. The summed E-state index contributed by atoms with van der Waals surface area (Å²) in [7, 11) is 3.41. The number of methoxy groups -OCH3 is 1. The van der Waals surface area contributed by atoms with E-state index >= 15 is 0 Å². The van der Waals surface area contributed by atoms with Crippen LogP contribution in [0.2, 0.25) is 0 Å². The van der Waals surface area contributed by atoms with Gasteiger partial charge in [0, 0.05) is 33.3 Å². The third-order valence-electron chi connectivity index (χ3n) is 4.52. The van der Waals surface area contributed by atoms with E-state index < -0.39 is 5.60 Å². The molecule has 2 aliphatic rings. The summed E-state index contributed by atoms with van der Waals surface area (Å²) in [6, 6.07) is 0.150. The van der Waals surface area contributed by atoms with E-state index in [2.05, 4.69) is 0 Å². The maximum absolute atomic E-state index is 12.5. The second kappa shape index (κ2) is 5.12. The van der Waals surface area contributed by atoms with Gasteiger partial charge in [-0.05, 0) is 26.7 Å². The standard InChI is InChI=1S/C14H24N2O3/c1-14(2,19-4)13(18)16-8-10-6-5-7-11(9-16)15(3)12(10)17/h10-11H,5-9H2,1-4H3/t10-,11+/m1/s1. The van der Waals surface area contributed by atoms with Gasteiger partial charge in [-0.15, -0.1) is 0 Å². The first-order valence-electron chi connectivity index (χ1n) is 6.98. The molecule has 2 rings (SSSR count). The fourth-order valence-electron chi connectivity index (χ4n) is 3.00. The minimum atomic E-state index is -0.819. The van der Waals surface area contributed by atoms with Gasteiger partial charge >= 0.3 is 0 Å². The fraction of sp³-hybridized carbons (Fsp3) is 0.857. The second-order valence-corrected chi connectivity index (χ2v) is 6.16. The molecule has 2 aliphatic heterocycles. The number of hydrogen-bond acceptors (Lipinski definition) is 3. The van der Waals surface area contributed by atoms with Crippen LogP contribution in [-0.2, 0) is 14.3 Å². The number of carbonyl (C=O) groups is 2. The molecule has 0 saturated carbocycles. The molecule has 0 aromatic carbocycles. The van der Waals surface area contributed by atoms with E-state index in [0.717, 1.165) is 19.3 Å². The van der Waals surface area contributed by atoms with Crippen molar-refractivity contribution in [2.24, 2.45) is 5.92 Å². The lowest BCUT2D eigenvalue weighted by Crippen LogP contribution is -2.50. The molecule has 108 valence electrons. The quantitative estimate of drug-likeness (QED) is 0.747. The van der Waals surface area contributed by atoms with Crippen molar-refractivity contribution >= 4 is 11.8 Å². The fourth-order valence-corrected chi connectivity index (χ4v) is 3.00. The van der Waals surface area contributed by atoms with Gasteiger partial charge in [0.2, 0.25) is 5.91 Å². The van der Waals surface area contributed by atoms with Gasteiger partial charge < -0.3 is 14.5 Å². The van der Waals surface area contributed by atoms with Gasteiger partial charge in [0.1, 0.15) is 5.60 Å². The van der Waals surface area contributed by atoms with E-state index in [0.29, 0.717) is 13.1 Å². The molecule has 0 unspecified atom stereocenters. The summed E-state index contributed by atoms with van der Waals surface area (Å²) in [6.07, 6.45) is 2.94. The Kier molecular flexibility index (Phi) is 3.85. The normalized spacial score (nSPS) is 28.3. The zero-order valence-electron chi connectivity index (χ0n) is 12.3. The Hall–Kier alpha value is -1.10. The molecule has 2 bridgehead atoms. The third-order valence-corrected chi connectivity index (χ3v) is 4.52. The van der Waals surface area contributed by atoms with E-state index in [1.807, 2.05) is 16.8 Å². The molecule has 2 heterocycles. The summed E-state index contributed by atoms with van der Waals surface area (Å²) in [5.74, 6) is 0.122. The van der Waals surface area contributed by atoms with Gasteiger partial charge in [0.05, 0.1) is 5.92 Å². The van der Waals surface area contributed by atoms with Gasteiger partial charge in [-0.3, -0.25) is 9.59 Å². The number of fused-ring (bicyclic) bond motifs is 3. The zero-order valence-corrected chi connectivity index (χ0v) is 12.3. The Morgan fingerprint density at radius 2 is 2.00 bits per heavy atom. The number of hydrogen-bond donors (Lipinski definition) is 0. The van der Waals surface area contributed by atoms with Crippen LogP contribution in [0, 0.1) is 5.92 Å². The van der Waals surface area contributed by atoms with Crippen molar-refractivity contribution in [3.05, 3.63) is 0 Å². The van der Waals surface area contributed by atoms with Gasteiger partial charge in [-0.2, -0.15) is 0 Å². The number of likely N-dealkylation sites (tertiary alicyclic amines) is 1. The van der Waals surface area contributed by atoms with Crippen LogP contribution >= 0.6 is 0 Å². The Labute approximate surface area is 114 Å². The Balaban J connectivity index is 2.22. The van der Waals surface area contributed by atoms with Crippen molar-refractivity contribution in [2.45, 2.75) is 44.8 Å². The smallest absolute Gasteiger partial charge is 0.254 e. The van der Waals surface area contributed by atoms with Crippen molar-refractivity contribution in [1.29, 1.82) is 0 Å². The molecule has 0 aliphatic carbocycles. The Morgan fingerprint density at radius 3 is 2.63 bits per heavy atom.